The number of nitrogens with zero attached hydrogens (tertiary/aromatic N) is 4. The Bertz CT molecular complexity index is 572. The van der Waals surface area contributed by atoms with Crippen LogP contribution in [0.3, 0.4) is 0 Å². The van der Waals surface area contributed by atoms with Crippen LogP contribution in [0.25, 0.3) is 0 Å². The monoisotopic (exact) mass is 274 g/mol. The Morgan fingerprint density at radius 2 is 2.10 bits per heavy atom. The van der Waals surface area contributed by atoms with Gasteiger partial charge in [0.2, 0.25) is 0 Å². The molecule has 0 N–H and O–H groups in total. The van der Waals surface area contributed by atoms with Crippen LogP contribution in [0.2, 0.25) is 0 Å². The molecule has 0 unspecified atom stereocenters. The first-order valence-electron chi connectivity index (χ1n) is 7.20. The van der Waals surface area contributed by atoms with Gasteiger partial charge in [-0.15, -0.1) is 0 Å². The molecule has 1 saturated heterocycles. The summed E-state index contributed by atoms with van der Waals surface area (Å²) in [5.74, 6) is 2.03. The van der Waals surface area contributed by atoms with E-state index in [0.717, 1.165) is 43.5 Å². The third-order valence-electron chi connectivity index (χ3n) is 4.25. The molecule has 0 amide bonds. The minimum atomic E-state index is 0.301. The van der Waals surface area contributed by atoms with E-state index in [1.165, 1.54) is 11.3 Å². The Morgan fingerprint density at radius 3 is 2.80 bits per heavy atom. The lowest BCUT2D eigenvalue weighted by atomic mass is 10.0. The highest BCUT2D eigenvalue weighted by Gasteiger charge is 2.29. The van der Waals surface area contributed by atoms with Crippen LogP contribution >= 0.6 is 0 Å². The van der Waals surface area contributed by atoms with Gasteiger partial charge in [0.15, 0.2) is 0 Å². The summed E-state index contributed by atoms with van der Waals surface area (Å²) in [4.78, 5) is 9.49. The van der Waals surface area contributed by atoms with Crippen LogP contribution in [0, 0.1) is 6.92 Å². The minimum absolute atomic E-state index is 0.301. The van der Waals surface area contributed by atoms with E-state index < -0.39 is 0 Å². The Balaban J connectivity index is 1.75. The second-order valence-electron chi connectivity index (χ2n) is 5.77. The van der Waals surface area contributed by atoms with Crippen molar-refractivity contribution in [3.8, 4) is 0 Å². The largest absolute Gasteiger partial charge is 0.361 e. The molecule has 5 nitrogen and oxygen atoms in total. The van der Waals surface area contributed by atoms with Gasteiger partial charge in [-0.3, -0.25) is 9.89 Å². The van der Waals surface area contributed by atoms with Gasteiger partial charge >= 0.3 is 0 Å². The molecule has 0 spiro atoms. The van der Waals surface area contributed by atoms with Crippen LogP contribution in [-0.4, -0.2) is 46.5 Å². The van der Waals surface area contributed by atoms with Gasteiger partial charge in [-0.25, -0.2) is 0 Å². The summed E-state index contributed by atoms with van der Waals surface area (Å²) in [6.07, 6.45) is 0. The van der Waals surface area contributed by atoms with E-state index in [1.807, 2.05) is 13.0 Å². The van der Waals surface area contributed by atoms with E-state index in [9.17, 15) is 0 Å². The first-order chi connectivity index (χ1) is 9.54. The smallest absolute Gasteiger partial charge is 0.133 e. The molecule has 2 aliphatic heterocycles. The lowest BCUT2D eigenvalue weighted by molar-refractivity contribution is 0.202. The molecular weight excluding hydrogens is 252 g/mol. The number of fused-ring (bicyclic) bond motifs is 1. The number of hydrogen-bond acceptors (Lipinski definition) is 5. The van der Waals surface area contributed by atoms with E-state index in [0.29, 0.717) is 6.04 Å². The van der Waals surface area contributed by atoms with Crippen molar-refractivity contribution < 1.29 is 4.52 Å². The zero-order valence-corrected chi connectivity index (χ0v) is 12.7. The van der Waals surface area contributed by atoms with Crippen LogP contribution in [0.1, 0.15) is 32.2 Å². The molecule has 0 radical (unpaired) electrons. The summed E-state index contributed by atoms with van der Waals surface area (Å²) < 4.78 is 5.15. The van der Waals surface area contributed by atoms with Crippen LogP contribution < -0.4 is 0 Å². The second kappa shape index (κ2) is 5.05. The van der Waals surface area contributed by atoms with Crippen molar-refractivity contribution in [3.63, 3.8) is 0 Å². The zero-order chi connectivity index (χ0) is 14.3. The van der Waals surface area contributed by atoms with Crippen molar-refractivity contribution in [2.24, 2.45) is 4.99 Å². The van der Waals surface area contributed by atoms with E-state index in [-0.39, 0.29) is 0 Å². The van der Waals surface area contributed by atoms with Crippen LogP contribution in [0.5, 0.6) is 0 Å². The average molecular weight is 274 g/mol. The predicted molar refractivity (Wildman–Crippen MR) is 78.5 cm³/mol. The van der Waals surface area contributed by atoms with Gasteiger partial charge in [-0.1, -0.05) is 5.16 Å². The number of amidine groups is 1. The number of rotatable bonds is 2. The lowest BCUT2D eigenvalue weighted by Crippen LogP contribution is -2.48. The Kier molecular flexibility index (Phi) is 3.38. The standard InChI is InChI=1S/C15H22N4O/c1-10-7-14(17-20-10)8-18-5-6-19-13(4)16-12(3)11(2)15(19)9-18/h7,12H,5-6,8-9H2,1-4H3/t12-/m0/s1. The Hall–Kier alpha value is -1.62. The zero-order valence-electron chi connectivity index (χ0n) is 12.7. The fourth-order valence-corrected chi connectivity index (χ4v) is 2.99. The third-order valence-corrected chi connectivity index (χ3v) is 4.25. The van der Waals surface area contributed by atoms with E-state index in [2.05, 4.69) is 35.7 Å². The summed E-state index contributed by atoms with van der Waals surface area (Å²) in [5, 5.41) is 4.09. The summed E-state index contributed by atoms with van der Waals surface area (Å²) in [6, 6.07) is 2.32. The van der Waals surface area contributed by atoms with Gasteiger partial charge in [-0.2, -0.15) is 0 Å². The molecule has 3 rings (SSSR count). The normalized spacial score (nSPS) is 23.9. The number of aryl methyl sites for hydroxylation is 1. The molecule has 1 fully saturated rings. The van der Waals surface area contributed by atoms with Crippen molar-refractivity contribution in [2.45, 2.75) is 40.3 Å². The van der Waals surface area contributed by atoms with Gasteiger partial charge < -0.3 is 9.42 Å². The molecule has 2 aliphatic rings. The maximum atomic E-state index is 5.15. The summed E-state index contributed by atoms with van der Waals surface area (Å²) in [6.45, 7) is 12.3. The topological polar surface area (TPSA) is 44.9 Å². The number of piperazine rings is 1. The number of hydrogen-bond donors (Lipinski definition) is 0. The molecule has 108 valence electrons. The van der Waals surface area contributed by atoms with Crippen molar-refractivity contribution >= 4 is 5.84 Å². The van der Waals surface area contributed by atoms with Crippen molar-refractivity contribution in [1.29, 1.82) is 0 Å². The van der Waals surface area contributed by atoms with Gasteiger partial charge in [-0.05, 0) is 33.3 Å². The molecule has 0 aliphatic carbocycles. The Morgan fingerprint density at radius 1 is 1.30 bits per heavy atom. The van der Waals surface area contributed by atoms with E-state index >= 15 is 0 Å². The number of aliphatic imine (C=N–C) groups is 1. The summed E-state index contributed by atoms with van der Waals surface area (Å²) >= 11 is 0. The van der Waals surface area contributed by atoms with E-state index in [4.69, 9.17) is 9.52 Å². The molecule has 0 aromatic carbocycles. The molecule has 1 aromatic heterocycles. The fraction of sp³-hybridized carbons (Fsp3) is 0.600. The summed E-state index contributed by atoms with van der Waals surface area (Å²) in [5.41, 5.74) is 3.82. The van der Waals surface area contributed by atoms with Crippen molar-refractivity contribution in [2.75, 3.05) is 19.6 Å². The molecular formula is C15H22N4O. The van der Waals surface area contributed by atoms with Gasteiger partial charge in [0.05, 0.1) is 11.7 Å². The first-order valence-corrected chi connectivity index (χ1v) is 7.20. The van der Waals surface area contributed by atoms with Crippen molar-refractivity contribution in [1.82, 2.24) is 15.0 Å². The van der Waals surface area contributed by atoms with Gasteiger partial charge in [0.1, 0.15) is 11.6 Å². The highest BCUT2D eigenvalue weighted by atomic mass is 16.5. The second-order valence-corrected chi connectivity index (χ2v) is 5.77. The summed E-state index contributed by atoms with van der Waals surface area (Å²) in [7, 11) is 0. The van der Waals surface area contributed by atoms with Gasteiger partial charge in [0.25, 0.3) is 0 Å². The average Bonchev–Trinajstić information content (AvgIpc) is 2.81. The van der Waals surface area contributed by atoms with Gasteiger partial charge in [0, 0.05) is 37.9 Å². The maximum absolute atomic E-state index is 5.15. The predicted octanol–water partition coefficient (Wildman–Crippen LogP) is 2.20. The van der Waals surface area contributed by atoms with Crippen LogP contribution in [0.4, 0.5) is 0 Å². The molecule has 3 heterocycles. The highest BCUT2D eigenvalue weighted by molar-refractivity contribution is 5.83. The lowest BCUT2D eigenvalue weighted by Gasteiger charge is -2.41. The molecule has 5 heteroatoms. The van der Waals surface area contributed by atoms with Crippen molar-refractivity contribution in [3.05, 3.63) is 28.8 Å². The van der Waals surface area contributed by atoms with Crippen LogP contribution in [-0.2, 0) is 6.54 Å². The quantitative estimate of drug-likeness (QED) is 0.829. The fourth-order valence-electron chi connectivity index (χ4n) is 2.99. The highest BCUT2D eigenvalue weighted by Crippen LogP contribution is 2.26. The number of aromatic nitrogens is 1. The molecule has 1 aromatic rings. The molecule has 1 atom stereocenters. The van der Waals surface area contributed by atoms with E-state index in [1.54, 1.807) is 0 Å². The van der Waals surface area contributed by atoms with Crippen LogP contribution in [0.15, 0.2) is 26.9 Å². The third kappa shape index (κ3) is 2.38. The first kappa shape index (κ1) is 13.4. The minimum Gasteiger partial charge on any atom is -0.361 e. The Labute approximate surface area is 119 Å². The SMILES string of the molecule is CC1=N[C@@H](C)C(C)=C2CN(Cc3cc(C)on3)CCN12. The maximum Gasteiger partial charge on any atom is 0.133 e. The molecule has 0 bridgehead atoms. The molecule has 0 saturated carbocycles. The molecule has 20 heavy (non-hydrogen) atoms.